The number of para-hydroxylation sites is 1. The summed E-state index contributed by atoms with van der Waals surface area (Å²) in [6, 6.07) is 8.87. The molecule has 1 saturated heterocycles. The maximum absolute atomic E-state index is 11.0. The Morgan fingerprint density at radius 2 is 2.24 bits per heavy atom. The van der Waals surface area contributed by atoms with Crippen molar-refractivity contribution in [2.24, 2.45) is 0 Å². The number of benzene rings is 1. The third-order valence-corrected chi connectivity index (χ3v) is 4.04. The van der Waals surface area contributed by atoms with Crippen molar-refractivity contribution in [2.75, 3.05) is 11.4 Å². The number of anilines is 1. The first-order valence-electron chi connectivity index (χ1n) is 6.33. The fourth-order valence-electron chi connectivity index (χ4n) is 3.35. The van der Waals surface area contributed by atoms with E-state index in [1.165, 1.54) is 24.1 Å². The molecule has 0 aromatic heterocycles. The molecule has 0 spiro atoms. The Kier molecular flexibility index (Phi) is 2.54. The van der Waals surface area contributed by atoms with E-state index in [-0.39, 0.29) is 12.3 Å². The van der Waals surface area contributed by atoms with Gasteiger partial charge in [-0.1, -0.05) is 18.2 Å². The largest absolute Gasteiger partial charge is 0.481 e. The zero-order valence-corrected chi connectivity index (χ0v) is 9.80. The molecule has 0 saturated carbocycles. The van der Waals surface area contributed by atoms with Gasteiger partial charge in [-0.05, 0) is 36.8 Å². The molecule has 1 N–H and O–H groups in total. The Morgan fingerprint density at radius 1 is 1.41 bits per heavy atom. The Labute approximate surface area is 101 Å². The lowest BCUT2D eigenvalue weighted by Crippen LogP contribution is -2.36. The maximum Gasteiger partial charge on any atom is 0.303 e. The van der Waals surface area contributed by atoms with Crippen molar-refractivity contribution < 1.29 is 9.90 Å². The van der Waals surface area contributed by atoms with E-state index in [9.17, 15) is 4.79 Å². The molecular weight excluding hydrogens is 214 g/mol. The fraction of sp³-hybridized carbons (Fsp3) is 0.500. The van der Waals surface area contributed by atoms with Crippen LogP contribution in [0.3, 0.4) is 0 Å². The van der Waals surface area contributed by atoms with E-state index in [1.54, 1.807) is 0 Å². The molecule has 1 fully saturated rings. The summed E-state index contributed by atoms with van der Waals surface area (Å²) in [7, 11) is 0. The smallest absolute Gasteiger partial charge is 0.303 e. The summed E-state index contributed by atoms with van der Waals surface area (Å²) >= 11 is 0. The van der Waals surface area contributed by atoms with Crippen molar-refractivity contribution in [3.05, 3.63) is 29.8 Å². The summed E-state index contributed by atoms with van der Waals surface area (Å²) < 4.78 is 0. The first kappa shape index (κ1) is 10.6. The van der Waals surface area contributed by atoms with Crippen LogP contribution in [0.2, 0.25) is 0 Å². The second-order valence-electron chi connectivity index (χ2n) is 5.08. The van der Waals surface area contributed by atoms with Gasteiger partial charge in [0, 0.05) is 18.3 Å². The number of carbonyl (C=O) groups is 1. The number of carboxylic acid groups (broad SMARTS) is 1. The molecule has 2 unspecified atom stereocenters. The van der Waals surface area contributed by atoms with Gasteiger partial charge in [0.1, 0.15) is 0 Å². The van der Waals surface area contributed by atoms with Crippen LogP contribution in [-0.2, 0) is 4.79 Å². The quantitative estimate of drug-likeness (QED) is 0.850. The highest BCUT2D eigenvalue weighted by atomic mass is 16.4. The summed E-state index contributed by atoms with van der Waals surface area (Å²) in [5, 5.41) is 9.02. The van der Waals surface area contributed by atoms with E-state index >= 15 is 0 Å². The number of carboxylic acids is 1. The van der Waals surface area contributed by atoms with E-state index in [2.05, 4.69) is 23.1 Å². The van der Waals surface area contributed by atoms with Crippen LogP contribution in [-0.4, -0.2) is 23.7 Å². The lowest BCUT2D eigenvalue weighted by Gasteiger charge is -2.37. The summed E-state index contributed by atoms with van der Waals surface area (Å²) in [4.78, 5) is 13.4. The molecule has 1 aromatic carbocycles. The molecule has 2 aliphatic heterocycles. The summed E-state index contributed by atoms with van der Waals surface area (Å²) in [6.45, 7) is 1.13. The number of hydrogen-bond acceptors (Lipinski definition) is 2. The van der Waals surface area contributed by atoms with Crippen molar-refractivity contribution in [2.45, 2.75) is 37.6 Å². The normalized spacial score (nSPS) is 26.5. The van der Waals surface area contributed by atoms with E-state index in [0.29, 0.717) is 6.04 Å². The van der Waals surface area contributed by atoms with Gasteiger partial charge in [-0.15, -0.1) is 0 Å². The van der Waals surface area contributed by atoms with Crippen molar-refractivity contribution in [1.82, 2.24) is 0 Å². The second-order valence-corrected chi connectivity index (χ2v) is 5.08. The van der Waals surface area contributed by atoms with Crippen LogP contribution in [0, 0.1) is 0 Å². The number of fused-ring (bicyclic) bond motifs is 3. The van der Waals surface area contributed by atoms with Crippen LogP contribution in [0.15, 0.2) is 24.3 Å². The average molecular weight is 231 g/mol. The van der Waals surface area contributed by atoms with Gasteiger partial charge >= 0.3 is 5.97 Å². The highest BCUT2D eigenvalue weighted by molar-refractivity contribution is 5.70. The number of aliphatic carboxylic acids is 1. The van der Waals surface area contributed by atoms with Crippen LogP contribution < -0.4 is 4.90 Å². The molecule has 3 heteroatoms. The van der Waals surface area contributed by atoms with E-state index in [0.717, 1.165) is 13.0 Å². The minimum absolute atomic E-state index is 0.197. The molecular formula is C14H17NO2. The standard InChI is InChI=1S/C14H17NO2/c16-14(17)9-10-8-11-4-3-7-15(11)13-6-2-1-5-12(10)13/h1-2,5-6,10-11H,3-4,7-9H2,(H,16,17). The fourth-order valence-corrected chi connectivity index (χ4v) is 3.35. The number of hydrogen-bond donors (Lipinski definition) is 1. The van der Waals surface area contributed by atoms with Crippen molar-refractivity contribution in [3.8, 4) is 0 Å². The van der Waals surface area contributed by atoms with E-state index in [4.69, 9.17) is 5.11 Å². The van der Waals surface area contributed by atoms with Crippen LogP contribution in [0.25, 0.3) is 0 Å². The average Bonchev–Trinajstić information content (AvgIpc) is 2.77. The number of rotatable bonds is 2. The molecule has 17 heavy (non-hydrogen) atoms. The third kappa shape index (κ3) is 1.79. The second kappa shape index (κ2) is 4.06. The molecule has 3 rings (SSSR count). The molecule has 1 aromatic rings. The molecule has 2 aliphatic rings. The first-order valence-corrected chi connectivity index (χ1v) is 6.33. The van der Waals surface area contributed by atoms with Gasteiger partial charge in [-0.25, -0.2) is 0 Å². The lowest BCUT2D eigenvalue weighted by atomic mass is 9.84. The lowest BCUT2D eigenvalue weighted by molar-refractivity contribution is -0.137. The van der Waals surface area contributed by atoms with E-state index < -0.39 is 5.97 Å². The molecule has 2 atom stereocenters. The molecule has 90 valence electrons. The zero-order chi connectivity index (χ0) is 11.8. The molecule has 0 aliphatic carbocycles. The molecule has 0 amide bonds. The van der Waals surface area contributed by atoms with Crippen molar-refractivity contribution >= 4 is 11.7 Å². The van der Waals surface area contributed by atoms with Crippen LogP contribution in [0.5, 0.6) is 0 Å². The minimum Gasteiger partial charge on any atom is -0.481 e. The topological polar surface area (TPSA) is 40.5 Å². The first-order chi connectivity index (χ1) is 8.25. The van der Waals surface area contributed by atoms with E-state index in [1.807, 2.05) is 6.07 Å². The van der Waals surface area contributed by atoms with Gasteiger partial charge < -0.3 is 10.0 Å². The summed E-state index contributed by atoms with van der Waals surface area (Å²) in [5.41, 5.74) is 2.50. The summed E-state index contributed by atoms with van der Waals surface area (Å²) in [6.07, 6.45) is 3.72. The van der Waals surface area contributed by atoms with Gasteiger partial charge in [0.05, 0.1) is 6.42 Å². The minimum atomic E-state index is -0.684. The zero-order valence-electron chi connectivity index (χ0n) is 9.80. The molecule has 3 nitrogen and oxygen atoms in total. The SMILES string of the molecule is O=C(O)CC1CC2CCCN2c2ccccc21. The third-order valence-electron chi connectivity index (χ3n) is 4.04. The Hall–Kier alpha value is -1.51. The Morgan fingerprint density at radius 3 is 3.06 bits per heavy atom. The Bertz CT molecular complexity index is 444. The van der Waals surface area contributed by atoms with Gasteiger partial charge in [0.25, 0.3) is 0 Å². The highest BCUT2D eigenvalue weighted by Gasteiger charge is 2.35. The van der Waals surface area contributed by atoms with Crippen molar-refractivity contribution in [1.29, 1.82) is 0 Å². The van der Waals surface area contributed by atoms with Crippen LogP contribution in [0.4, 0.5) is 5.69 Å². The Balaban J connectivity index is 1.98. The van der Waals surface area contributed by atoms with Gasteiger partial charge in [-0.3, -0.25) is 4.79 Å². The predicted molar refractivity (Wildman–Crippen MR) is 66.4 cm³/mol. The maximum atomic E-state index is 11.0. The predicted octanol–water partition coefficient (Wildman–Crippen LogP) is 2.62. The van der Waals surface area contributed by atoms with Crippen LogP contribution in [0.1, 0.15) is 37.2 Å². The molecule has 0 radical (unpaired) electrons. The highest BCUT2D eigenvalue weighted by Crippen LogP contribution is 2.43. The van der Waals surface area contributed by atoms with Gasteiger partial charge in [0.2, 0.25) is 0 Å². The van der Waals surface area contributed by atoms with Gasteiger partial charge in [-0.2, -0.15) is 0 Å². The molecule has 2 heterocycles. The summed E-state index contributed by atoms with van der Waals surface area (Å²) in [5.74, 6) is -0.487. The number of nitrogens with zero attached hydrogens (tertiary/aromatic N) is 1. The van der Waals surface area contributed by atoms with Crippen molar-refractivity contribution in [3.63, 3.8) is 0 Å². The van der Waals surface area contributed by atoms with Gasteiger partial charge in [0.15, 0.2) is 0 Å². The molecule has 0 bridgehead atoms. The monoisotopic (exact) mass is 231 g/mol. The van der Waals surface area contributed by atoms with Crippen LogP contribution >= 0.6 is 0 Å².